The fourth-order valence-electron chi connectivity index (χ4n) is 4.49. The molecule has 0 fully saturated rings. The molecule has 0 unspecified atom stereocenters. The van der Waals surface area contributed by atoms with Crippen LogP contribution in [0.15, 0.2) is 109 Å². The first kappa shape index (κ1) is 25.4. The molecule has 0 N–H and O–H groups in total. The zero-order valence-corrected chi connectivity index (χ0v) is 21.0. The molecular formula is C28H28AlClP. The van der Waals surface area contributed by atoms with Crippen LogP contribution in [0.1, 0.15) is 25.0 Å². The summed E-state index contributed by atoms with van der Waals surface area (Å²) < 4.78 is 0. The standard InChI is InChI=1S/C28H28P.Al.ClH/c1-3-23-15-14-22-28(27(23)4-2)29(24-16-8-5-9-17-24,25-18-10-6-11-19-25)26-20-12-7-13-21-26;;/h5-22H,3-4H2,1-2H3;;1H/q+1;;/p-1. The van der Waals surface area contributed by atoms with E-state index in [0.717, 1.165) is 12.8 Å². The SMILES string of the molecule is CCc1cccc([P+](c2ccccc2)(c2ccccc2)c2ccccc2)c1CC.[Al].[Cl-]. The van der Waals surface area contributed by atoms with E-state index in [2.05, 4.69) is 123 Å². The van der Waals surface area contributed by atoms with Crippen LogP contribution in [0, 0.1) is 0 Å². The van der Waals surface area contributed by atoms with E-state index in [9.17, 15) is 0 Å². The normalized spacial score (nSPS) is 10.6. The van der Waals surface area contributed by atoms with Crippen molar-refractivity contribution in [1.82, 2.24) is 0 Å². The minimum absolute atomic E-state index is 0. The van der Waals surface area contributed by atoms with Crippen LogP contribution in [-0.2, 0) is 12.8 Å². The lowest BCUT2D eigenvalue weighted by Gasteiger charge is -2.30. The van der Waals surface area contributed by atoms with Crippen molar-refractivity contribution in [3.63, 3.8) is 0 Å². The number of rotatable bonds is 6. The highest BCUT2D eigenvalue weighted by molar-refractivity contribution is 8.01. The van der Waals surface area contributed by atoms with Crippen molar-refractivity contribution in [2.75, 3.05) is 0 Å². The van der Waals surface area contributed by atoms with Crippen molar-refractivity contribution < 1.29 is 12.4 Å². The highest BCUT2D eigenvalue weighted by Gasteiger charge is 2.49. The molecule has 0 nitrogen and oxygen atoms in total. The van der Waals surface area contributed by atoms with Crippen LogP contribution in [0.3, 0.4) is 0 Å². The summed E-state index contributed by atoms with van der Waals surface area (Å²) in [6, 6.07) is 40.4. The predicted molar refractivity (Wildman–Crippen MR) is 136 cm³/mol. The molecule has 3 heteroatoms. The Morgan fingerprint density at radius 3 is 1.29 bits per heavy atom. The molecule has 0 spiro atoms. The van der Waals surface area contributed by atoms with Gasteiger partial charge < -0.3 is 12.4 Å². The van der Waals surface area contributed by atoms with Crippen molar-refractivity contribution in [2.45, 2.75) is 26.7 Å². The average molecular weight is 458 g/mol. The summed E-state index contributed by atoms with van der Waals surface area (Å²) in [7, 11) is -2.00. The molecule has 4 aromatic rings. The third-order valence-corrected chi connectivity index (χ3v) is 10.1. The Kier molecular flexibility index (Phi) is 9.56. The van der Waals surface area contributed by atoms with E-state index in [4.69, 9.17) is 0 Å². The summed E-state index contributed by atoms with van der Waals surface area (Å²) in [5.74, 6) is 0. The molecular weight excluding hydrogens is 430 g/mol. The molecule has 0 amide bonds. The Morgan fingerprint density at radius 2 is 0.935 bits per heavy atom. The zero-order valence-electron chi connectivity index (χ0n) is 18.2. The lowest BCUT2D eigenvalue weighted by atomic mass is 10.0. The summed E-state index contributed by atoms with van der Waals surface area (Å²) >= 11 is 0. The van der Waals surface area contributed by atoms with Crippen molar-refractivity contribution >= 4 is 45.8 Å². The van der Waals surface area contributed by atoms with Gasteiger partial charge >= 0.3 is 0 Å². The van der Waals surface area contributed by atoms with Gasteiger partial charge in [0.2, 0.25) is 0 Å². The molecule has 0 heterocycles. The summed E-state index contributed by atoms with van der Waals surface area (Å²) in [6.45, 7) is 4.57. The Morgan fingerprint density at radius 1 is 0.516 bits per heavy atom. The van der Waals surface area contributed by atoms with Crippen LogP contribution in [0.25, 0.3) is 0 Å². The van der Waals surface area contributed by atoms with Crippen molar-refractivity contribution in [1.29, 1.82) is 0 Å². The molecule has 4 aromatic carbocycles. The fraction of sp³-hybridized carbons (Fsp3) is 0.143. The van der Waals surface area contributed by atoms with Crippen LogP contribution < -0.4 is 33.6 Å². The number of halogens is 1. The van der Waals surface area contributed by atoms with Gasteiger partial charge in [-0.25, -0.2) is 0 Å². The summed E-state index contributed by atoms with van der Waals surface area (Å²) in [6.07, 6.45) is 2.11. The molecule has 0 bridgehead atoms. The van der Waals surface area contributed by atoms with Gasteiger partial charge in [-0.2, -0.15) is 0 Å². The Hall–Kier alpha value is -1.87. The number of hydrogen-bond donors (Lipinski definition) is 0. The summed E-state index contributed by atoms with van der Waals surface area (Å²) in [5.41, 5.74) is 2.98. The van der Waals surface area contributed by atoms with E-state index in [1.165, 1.54) is 32.3 Å². The maximum atomic E-state index is 2.39. The van der Waals surface area contributed by atoms with Crippen LogP contribution >= 0.6 is 7.26 Å². The zero-order chi connectivity index (χ0) is 20.1. The first-order valence-corrected chi connectivity index (χ1v) is 12.3. The van der Waals surface area contributed by atoms with Crippen molar-refractivity contribution in [2.24, 2.45) is 0 Å². The maximum absolute atomic E-state index is 2.39. The maximum Gasteiger partial charge on any atom is 0.144 e. The van der Waals surface area contributed by atoms with Gasteiger partial charge in [-0.05, 0) is 66.4 Å². The number of hydrogen-bond acceptors (Lipinski definition) is 0. The minimum atomic E-state index is -2.00. The van der Waals surface area contributed by atoms with E-state index in [0.29, 0.717) is 0 Å². The van der Waals surface area contributed by atoms with Gasteiger partial charge in [0.1, 0.15) is 28.5 Å². The Labute approximate surface area is 204 Å². The molecule has 0 aromatic heterocycles. The Bertz CT molecular complexity index is 969. The largest absolute Gasteiger partial charge is 1.00 e. The topological polar surface area (TPSA) is 0 Å². The first-order valence-electron chi connectivity index (χ1n) is 10.5. The lowest BCUT2D eigenvalue weighted by molar-refractivity contribution is -0.00000585. The van der Waals surface area contributed by atoms with E-state index < -0.39 is 7.26 Å². The molecule has 0 saturated carbocycles. The van der Waals surface area contributed by atoms with Gasteiger partial charge in [0.15, 0.2) is 0 Å². The molecule has 0 aliphatic carbocycles. The van der Waals surface area contributed by atoms with Gasteiger partial charge in [-0.15, -0.1) is 0 Å². The quantitative estimate of drug-likeness (QED) is 0.307. The van der Waals surface area contributed by atoms with Gasteiger partial charge in [0, 0.05) is 17.4 Å². The number of aryl methyl sites for hydroxylation is 1. The van der Waals surface area contributed by atoms with E-state index in [1.807, 2.05) is 0 Å². The smallest absolute Gasteiger partial charge is 0.144 e. The average Bonchev–Trinajstić information content (AvgIpc) is 2.81. The van der Waals surface area contributed by atoms with Crippen molar-refractivity contribution in [3.05, 3.63) is 120 Å². The summed E-state index contributed by atoms with van der Waals surface area (Å²) in [5, 5.41) is 5.75. The van der Waals surface area contributed by atoms with Gasteiger partial charge in [0.25, 0.3) is 0 Å². The predicted octanol–water partition coefficient (Wildman–Crippen LogP) is 2.05. The van der Waals surface area contributed by atoms with Crippen LogP contribution in [0.4, 0.5) is 0 Å². The molecule has 0 aliphatic rings. The molecule has 155 valence electrons. The lowest BCUT2D eigenvalue weighted by Crippen LogP contribution is -3.00. The van der Waals surface area contributed by atoms with Crippen LogP contribution in [0.2, 0.25) is 0 Å². The molecule has 0 aliphatic heterocycles. The van der Waals surface area contributed by atoms with Gasteiger partial charge in [-0.1, -0.05) is 80.6 Å². The monoisotopic (exact) mass is 457 g/mol. The minimum Gasteiger partial charge on any atom is -1.00 e. The second kappa shape index (κ2) is 11.7. The first-order chi connectivity index (χ1) is 14.3. The van der Waals surface area contributed by atoms with E-state index in [1.54, 1.807) is 0 Å². The summed E-state index contributed by atoms with van der Waals surface area (Å²) in [4.78, 5) is 0. The van der Waals surface area contributed by atoms with Crippen LogP contribution in [-0.4, -0.2) is 17.4 Å². The highest BCUT2D eigenvalue weighted by Crippen LogP contribution is 2.55. The highest BCUT2D eigenvalue weighted by atomic mass is 35.5. The van der Waals surface area contributed by atoms with E-state index >= 15 is 0 Å². The van der Waals surface area contributed by atoms with E-state index in [-0.39, 0.29) is 29.8 Å². The molecule has 3 radical (unpaired) electrons. The molecule has 0 atom stereocenters. The molecule has 31 heavy (non-hydrogen) atoms. The van der Waals surface area contributed by atoms with Gasteiger partial charge in [-0.3, -0.25) is 0 Å². The third kappa shape index (κ3) is 4.67. The van der Waals surface area contributed by atoms with Crippen molar-refractivity contribution in [3.8, 4) is 0 Å². The Balaban J connectivity index is 0.00000171. The second-order valence-electron chi connectivity index (χ2n) is 7.30. The third-order valence-electron chi connectivity index (χ3n) is 5.77. The molecule has 0 saturated heterocycles. The fourth-order valence-corrected chi connectivity index (χ4v) is 9.10. The second-order valence-corrected chi connectivity index (χ2v) is 10.7. The molecule has 4 rings (SSSR count). The number of benzene rings is 4. The van der Waals surface area contributed by atoms with Crippen LogP contribution in [0.5, 0.6) is 0 Å². The van der Waals surface area contributed by atoms with Gasteiger partial charge in [0.05, 0.1) is 0 Å².